The van der Waals surface area contributed by atoms with Gasteiger partial charge in [0.25, 0.3) is 0 Å². The van der Waals surface area contributed by atoms with Crippen LogP contribution in [0.4, 0.5) is 0 Å². The second-order valence-corrected chi connectivity index (χ2v) is 8.48. The molecule has 0 N–H and O–H groups in total. The minimum atomic E-state index is 0. The van der Waals surface area contributed by atoms with Crippen LogP contribution in [-0.2, 0) is 0 Å². The summed E-state index contributed by atoms with van der Waals surface area (Å²) in [6, 6.07) is 10.2. The molecule has 0 spiro atoms. The second kappa shape index (κ2) is 10.3. The molecule has 136 valence electrons. The van der Waals surface area contributed by atoms with Crippen LogP contribution in [0.15, 0.2) is 30.3 Å². The van der Waals surface area contributed by atoms with Crippen molar-refractivity contribution in [1.29, 1.82) is 0 Å². The monoisotopic (exact) mass is 364 g/mol. The summed E-state index contributed by atoms with van der Waals surface area (Å²) in [5, 5.41) is 1.10. The van der Waals surface area contributed by atoms with Gasteiger partial charge in [-0.25, -0.2) is 0 Å². The van der Waals surface area contributed by atoms with Crippen LogP contribution in [0.2, 0.25) is 0 Å². The number of benzene rings is 2. The van der Waals surface area contributed by atoms with Crippen molar-refractivity contribution in [3.05, 3.63) is 58.1 Å². The molecule has 0 amide bonds. The summed E-state index contributed by atoms with van der Waals surface area (Å²) in [5.41, 5.74) is 5.56. The summed E-state index contributed by atoms with van der Waals surface area (Å²) in [7, 11) is 0.144. The number of rotatable bonds is 7. The average Bonchev–Trinajstić information content (AvgIpc) is 2.48. The van der Waals surface area contributed by atoms with Gasteiger partial charge in [-0.3, -0.25) is 4.79 Å². The van der Waals surface area contributed by atoms with Gasteiger partial charge < -0.3 is 4.74 Å². The van der Waals surface area contributed by atoms with Crippen molar-refractivity contribution in [2.24, 2.45) is 5.92 Å². The van der Waals surface area contributed by atoms with Crippen LogP contribution in [0.25, 0.3) is 0 Å². The van der Waals surface area contributed by atoms with Gasteiger partial charge in [0, 0.05) is 5.56 Å². The summed E-state index contributed by atoms with van der Waals surface area (Å²) in [6.45, 7) is 13.3. The third-order valence-electron chi connectivity index (χ3n) is 4.31. The van der Waals surface area contributed by atoms with Gasteiger partial charge in [0.15, 0.2) is 5.52 Å². The Morgan fingerprint density at radius 3 is 2.15 bits per heavy atom. The van der Waals surface area contributed by atoms with Crippen molar-refractivity contribution in [3.8, 4) is 5.75 Å². The van der Waals surface area contributed by atoms with E-state index in [0.29, 0.717) is 5.92 Å². The SMILES string of the molecule is Cc1cc(C)c(C(=O)Pc2ccc(OCCC(C)C)cc2C)c(C)c1.[LiH]. The fourth-order valence-corrected chi connectivity index (χ4v) is 4.20. The van der Waals surface area contributed by atoms with Crippen molar-refractivity contribution in [2.75, 3.05) is 6.61 Å². The molecule has 0 saturated carbocycles. The molecule has 1 atom stereocenters. The van der Waals surface area contributed by atoms with Crippen LogP contribution >= 0.6 is 8.58 Å². The Morgan fingerprint density at radius 1 is 1.00 bits per heavy atom. The van der Waals surface area contributed by atoms with Crippen LogP contribution in [0.5, 0.6) is 5.75 Å². The fourth-order valence-electron chi connectivity index (χ4n) is 3.00. The van der Waals surface area contributed by atoms with Crippen molar-refractivity contribution < 1.29 is 9.53 Å². The van der Waals surface area contributed by atoms with Gasteiger partial charge in [-0.05, 0) is 82.7 Å². The first-order valence-electron chi connectivity index (χ1n) is 8.90. The Balaban J connectivity index is 0.00000338. The first-order valence-corrected chi connectivity index (χ1v) is 9.90. The number of carbonyl (C=O) groups excluding carboxylic acids is 1. The molecule has 0 aromatic heterocycles. The third-order valence-corrected chi connectivity index (χ3v) is 5.62. The summed E-state index contributed by atoms with van der Waals surface area (Å²) < 4.78 is 5.81. The predicted molar refractivity (Wildman–Crippen MR) is 116 cm³/mol. The summed E-state index contributed by atoms with van der Waals surface area (Å²) in [5.74, 6) is 1.53. The van der Waals surface area contributed by atoms with Crippen molar-refractivity contribution in [1.82, 2.24) is 0 Å². The van der Waals surface area contributed by atoms with E-state index in [0.717, 1.165) is 46.3 Å². The maximum absolute atomic E-state index is 12.8. The van der Waals surface area contributed by atoms with E-state index >= 15 is 0 Å². The second-order valence-electron chi connectivity index (χ2n) is 7.24. The van der Waals surface area contributed by atoms with E-state index in [9.17, 15) is 4.79 Å². The molecule has 0 saturated heterocycles. The van der Waals surface area contributed by atoms with Gasteiger partial charge in [0.05, 0.1) is 6.61 Å². The van der Waals surface area contributed by atoms with E-state index in [1.165, 1.54) is 5.56 Å². The number of ether oxygens (including phenoxy) is 1. The van der Waals surface area contributed by atoms with Crippen molar-refractivity contribution in [2.45, 2.75) is 48.0 Å². The Morgan fingerprint density at radius 2 is 1.62 bits per heavy atom. The normalized spacial score (nSPS) is 11.0. The molecule has 0 aliphatic rings. The third kappa shape index (κ3) is 6.28. The molecule has 26 heavy (non-hydrogen) atoms. The summed E-state index contributed by atoms with van der Waals surface area (Å²) in [4.78, 5) is 12.8. The van der Waals surface area contributed by atoms with Gasteiger partial charge in [0.1, 0.15) is 5.75 Å². The summed E-state index contributed by atoms with van der Waals surface area (Å²) >= 11 is 0. The van der Waals surface area contributed by atoms with E-state index in [1.807, 2.05) is 32.0 Å². The zero-order valence-corrected chi connectivity index (χ0v) is 17.2. The zero-order chi connectivity index (χ0) is 18.6. The average molecular weight is 364 g/mol. The Kier molecular flexibility index (Phi) is 9.12. The molecular formula is C22H30LiO2P. The van der Waals surface area contributed by atoms with Crippen LogP contribution in [0.3, 0.4) is 0 Å². The molecule has 0 radical (unpaired) electrons. The minimum absolute atomic E-state index is 0. The van der Waals surface area contributed by atoms with E-state index < -0.39 is 0 Å². The molecule has 0 bridgehead atoms. The predicted octanol–water partition coefficient (Wildman–Crippen LogP) is 4.84. The first kappa shape index (κ1) is 23.0. The van der Waals surface area contributed by atoms with Crippen LogP contribution in [-0.4, -0.2) is 31.0 Å². The van der Waals surface area contributed by atoms with E-state index in [2.05, 4.69) is 39.8 Å². The zero-order valence-electron chi connectivity index (χ0n) is 16.2. The van der Waals surface area contributed by atoms with E-state index in [-0.39, 0.29) is 33.0 Å². The quantitative estimate of drug-likeness (QED) is 0.519. The molecule has 4 heteroatoms. The van der Waals surface area contributed by atoms with Gasteiger partial charge in [-0.15, -0.1) is 0 Å². The van der Waals surface area contributed by atoms with Crippen LogP contribution < -0.4 is 10.0 Å². The fraction of sp³-hybridized carbons (Fsp3) is 0.409. The van der Waals surface area contributed by atoms with Gasteiger partial charge in [0.2, 0.25) is 0 Å². The van der Waals surface area contributed by atoms with Crippen LogP contribution in [0, 0.1) is 33.6 Å². The molecule has 1 unspecified atom stereocenters. The van der Waals surface area contributed by atoms with E-state index in [4.69, 9.17) is 4.74 Å². The molecule has 2 nitrogen and oxygen atoms in total. The maximum atomic E-state index is 12.8. The number of carbonyl (C=O) groups is 1. The molecule has 0 aliphatic heterocycles. The van der Waals surface area contributed by atoms with Crippen LogP contribution in [0.1, 0.15) is 52.9 Å². The molecule has 2 aromatic carbocycles. The standard InChI is InChI=1S/C22H29O2P.Li.H/c1-14(2)9-10-24-19-7-8-20(16(4)13-19)25-22(23)21-17(5)11-15(3)12-18(21)6;;/h7-8,11-14,25H,9-10H2,1-6H3;;. The number of hydrogen-bond donors (Lipinski definition) is 0. The van der Waals surface area contributed by atoms with Crippen molar-refractivity contribution >= 4 is 38.3 Å². The molecule has 0 heterocycles. The Labute approximate surface area is 172 Å². The van der Waals surface area contributed by atoms with Gasteiger partial charge >= 0.3 is 18.9 Å². The molecule has 0 aliphatic carbocycles. The van der Waals surface area contributed by atoms with E-state index in [1.54, 1.807) is 0 Å². The Bertz CT molecular complexity index is 746. The van der Waals surface area contributed by atoms with Gasteiger partial charge in [-0.2, -0.15) is 0 Å². The topological polar surface area (TPSA) is 26.3 Å². The summed E-state index contributed by atoms with van der Waals surface area (Å²) in [6.07, 6.45) is 1.05. The molecule has 0 fully saturated rings. The number of hydrogen-bond acceptors (Lipinski definition) is 2. The molecule has 2 aromatic rings. The Hall–Kier alpha value is -1.06. The molecular weight excluding hydrogens is 334 g/mol. The number of aryl methyl sites for hydroxylation is 4. The molecule has 2 rings (SSSR count). The van der Waals surface area contributed by atoms with Gasteiger partial charge in [-0.1, -0.05) is 37.6 Å². The van der Waals surface area contributed by atoms with Crippen molar-refractivity contribution in [3.63, 3.8) is 0 Å². The first-order chi connectivity index (χ1) is 11.8.